The summed E-state index contributed by atoms with van der Waals surface area (Å²) in [7, 11) is -3.39. The first kappa shape index (κ1) is 19.8. The molecule has 31 heavy (non-hydrogen) atoms. The van der Waals surface area contributed by atoms with E-state index in [0.717, 1.165) is 5.56 Å². The van der Waals surface area contributed by atoms with E-state index in [0.29, 0.717) is 27.2 Å². The maximum Gasteiger partial charge on any atom is 0.298 e. The highest BCUT2D eigenvalue weighted by Crippen LogP contribution is 2.50. The molecule has 0 unspecified atom stereocenters. The molecule has 1 aliphatic rings. The summed E-state index contributed by atoms with van der Waals surface area (Å²) in [4.78, 5) is 20.4. The van der Waals surface area contributed by atoms with Crippen molar-refractivity contribution in [3.63, 3.8) is 0 Å². The van der Waals surface area contributed by atoms with Crippen LogP contribution in [-0.2, 0) is 13.1 Å². The second-order valence-electron chi connectivity index (χ2n) is 7.00. The summed E-state index contributed by atoms with van der Waals surface area (Å²) in [5, 5.41) is 14.0. The molecule has 0 fully saturated rings. The topological polar surface area (TPSA) is 123 Å². The molecule has 160 valence electrons. The van der Waals surface area contributed by atoms with Crippen LogP contribution >= 0.6 is 22.1 Å². The van der Waals surface area contributed by atoms with Crippen LogP contribution in [0.4, 0.5) is 5.69 Å². The van der Waals surface area contributed by atoms with Gasteiger partial charge in [-0.1, -0.05) is 29.0 Å². The lowest BCUT2D eigenvalue weighted by atomic mass is 10.2. The minimum absolute atomic E-state index is 0.0633. The van der Waals surface area contributed by atoms with Crippen LogP contribution in [0.15, 0.2) is 69.9 Å². The fraction of sp³-hybridized carbons (Fsp3) is 0.100. The lowest BCUT2D eigenvalue weighted by molar-refractivity contribution is 0.449. The highest BCUT2D eigenvalue weighted by Gasteiger charge is 2.32. The molecule has 0 bridgehead atoms. The molecule has 9 nitrogen and oxygen atoms in total. The van der Waals surface area contributed by atoms with Gasteiger partial charge in [-0.2, -0.15) is 0 Å². The van der Waals surface area contributed by atoms with Crippen LogP contribution in [0.5, 0.6) is 5.75 Å². The summed E-state index contributed by atoms with van der Waals surface area (Å²) in [5.74, 6) is -0.209. The predicted octanol–water partition coefficient (Wildman–Crippen LogP) is 3.46. The zero-order valence-corrected chi connectivity index (χ0v) is 17.7. The Morgan fingerprint density at radius 1 is 1.16 bits per heavy atom. The van der Waals surface area contributed by atoms with Crippen LogP contribution in [0.3, 0.4) is 0 Å². The number of pyridine rings is 2. The second-order valence-corrected chi connectivity index (χ2v) is 9.63. The Bertz CT molecular complexity index is 1320. The molecule has 5 rings (SSSR count). The SMILES string of the molecule is O=c1c(N2Cc3ccccc3S(O)(O)N2)c(O)c2sccc2n1NCc1ccncc1. The van der Waals surface area contributed by atoms with Gasteiger partial charge < -0.3 is 10.5 Å². The monoisotopic (exact) mass is 457 g/mol. The fourth-order valence-corrected chi connectivity index (χ4v) is 5.74. The summed E-state index contributed by atoms with van der Waals surface area (Å²) in [6, 6.07) is 12.3. The van der Waals surface area contributed by atoms with Crippen molar-refractivity contribution < 1.29 is 14.2 Å². The van der Waals surface area contributed by atoms with E-state index in [2.05, 4.69) is 15.2 Å². The summed E-state index contributed by atoms with van der Waals surface area (Å²) in [5.41, 5.74) is 4.65. The smallest absolute Gasteiger partial charge is 0.298 e. The van der Waals surface area contributed by atoms with Crippen molar-refractivity contribution in [2.45, 2.75) is 18.0 Å². The van der Waals surface area contributed by atoms with Crippen molar-refractivity contribution in [3.05, 3.63) is 81.7 Å². The first-order chi connectivity index (χ1) is 15.0. The van der Waals surface area contributed by atoms with E-state index in [-0.39, 0.29) is 18.0 Å². The van der Waals surface area contributed by atoms with Crippen molar-refractivity contribution >= 4 is 38.0 Å². The highest BCUT2D eigenvalue weighted by molar-refractivity contribution is 8.22. The largest absolute Gasteiger partial charge is 0.504 e. The molecule has 0 saturated heterocycles. The van der Waals surface area contributed by atoms with E-state index in [9.17, 15) is 19.0 Å². The van der Waals surface area contributed by atoms with E-state index in [1.807, 2.05) is 12.1 Å². The normalized spacial score (nSPS) is 16.1. The number of hydrazine groups is 1. The van der Waals surface area contributed by atoms with Crippen molar-refractivity contribution in [1.29, 1.82) is 0 Å². The standard InChI is InChI=1S/C20H19N5O4S2/c26-18-17(24-12-14-3-1-2-4-16(14)31(28,29)23-24)20(27)25(15-7-10-30-19(15)18)22-11-13-5-8-21-9-6-13/h1-10,22-23,26,28-29H,11-12H2. The van der Waals surface area contributed by atoms with E-state index < -0.39 is 16.3 Å². The molecule has 1 aromatic carbocycles. The van der Waals surface area contributed by atoms with Crippen molar-refractivity contribution in [1.82, 2.24) is 14.5 Å². The molecule has 4 aromatic rings. The predicted molar refractivity (Wildman–Crippen MR) is 122 cm³/mol. The van der Waals surface area contributed by atoms with Crippen LogP contribution < -0.4 is 20.8 Å². The van der Waals surface area contributed by atoms with Gasteiger partial charge in [-0.15, -0.1) is 16.2 Å². The Kier molecular flexibility index (Phi) is 4.84. The Morgan fingerprint density at radius 3 is 2.74 bits per heavy atom. The molecular weight excluding hydrogens is 438 g/mol. The van der Waals surface area contributed by atoms with Gasteiger partial charge in [0.15, 0.2) is 11.4 Å². The van der Waals surface area contributed by atoms with Gasteiger partial charge in [-0.25, -0.2) is 4.68 Å². The van der Waals surface area contributed by atoms with Crippen LogP contribution in [0.1, 0.15) is 11.1 Å². The lowest BCUT2D eigenvalue weighted by Crippen LogP contribution is -2.47. The molecule has 0 saturated carbocycles. The number of aromatic hydroxyl groups is 1. The van der Waals surface area contributed by atoms with E-state index in [4.69, 9.17) is 0 Å². The van der Waals surface area contributed by atoms with Crippen LogP contribution in [0, 0.1) is 0 Å². The number of thiophene rings is 1. The minimum atomic E-state index is -3.39. The average molecular weight is 458 g/mol. The zero-order valence-electron chi connectivity index (χ0n) is 16.1. The number of rotatable bonds is 4. The minimum Gasteiger partial charge on any atom is -0.504 e. The maximum absolute atomic E-state index is 13.4. The number of nitrogens with one attached hydrogen (secondary N) is 2. The third kappa shape index (κ3) is 3.42. The molecule has 3 aromatic heterocycles. The number of hydrogen-bond acceptors (Lipinski definition) is 9. The molecule has 4 heterocycles. The Hall–Kier alpha value is -3.09. The first-order valence-corrected chi connectivity index (χ1v) is 11.8. The number of fused-ring (bicyclic) bond motifs is 2. The lowest BCUT2D eigenvalue weighted by Gasteiger charge is -2.44. The molecule has 0 amide bonds. The van der Waals surface area contributed by atoms with Gasteiger partial charge in [-0.3, -0.25) is 23.9 Å². The number of benzene rings is 1. The third-order valence-electron chi connectivity index (χ3n) is 5.04. The quantitative estimate of drug-likeness (QED) is 0.316. The summed E-state index contributed by atoms with van der Waals surface area (Å²) in [6.07, 6.45) is 3.34. The third-order valence-corrected chi connectivity index (χ3v) is 7.43. The zero-order chi connectivity index (χ0) is 21.6. The van der Waals surface area contributed by atoms with Crippen LogP contribution in [-0.4, -0.2) is 23.9 Å². The van der Waals surface area contributed by atoms with Gasteiger partial charge in [0.05, 0.1) is 28.2 Å². The Labute approximate surface area is 182 Å². The van der Waals surface area contributed by atoms with Gasteiger partial charge >= 0.3 is 0 Å². The van der Waals surface area contributed by atoms with E-state index in [1.54, 1.807) is 48.1 Å². The van der Waals surface area contributed by atoms with Gasteiger partial charge in [-0.05, 0) is 40.8 Å². The fourth-order valence-electron chi connectivity index (χ4n) is 3.59. The molecule has 11 heteroatoms. The Morgan fingerprint density at radius 2 is 1.94 bits per heavy atom. The molecule has 5 N–H and O–H groups in total. The number of aromatic nitrogens is 2. The van der Waals surface area contributed by atoms with Crippen molar-refractivity contribution in [2.24, 2.45) is 0 Å². The second kappa shape index (κ2) is 7.55. The number of anilines is 1. The van der Waals surface area contributed by atoms with Crippen molar-refractivity contribution in [2.75, 3.05) is 10.4 Å². The summed E-state index contributed by atoms with van der Waals surface area (Å²) >= 11 is 1.29. The van der Waals surface area contributed by atoms with E-state index in [1.165, 1.54) is 21.0 Å². The molecule has 0 radical (unpaired) electrons. The molecule has 0 spiro atoms. The molecular formula is C20H19N5O4S2. The van der Waals surface area contributed by atoms with Crippen molar-refractivity contribution in [3.8, 4) is 5.75 Å². The van der Waals surface area contributed by atoms with E-state index >= 15 is 0 Å². The van der Waals surface area contributed by atoms with Gasteiger partial charge in [0.1, 0.15) is 0 Å². The maximum atomic E-state index is 13.4. The molecule has 1 aliphatic heterocycles. The summed E-state index contributed by atoms with van der Waals surface area (Å²) in [6.45, 7) is 0.541. The van der Waals surface area contributed by atoms with Crippen LogP contribution in [0.2, 0.25) is 0 Å². The number of nitrogens with zero attached hydrogens (tertiary/aromatic N) is 3. The van der Waals surface area contributed by atoms with Crippen LogP contribution in [0.25, 0.3) is 10.2 Å². The van der Waals surface area contributed by atoms with Gasteiger partial charge in [0, 0.05) is 12.4 Å². The first-order valence-electron chi connectivity index (χ1n) is 9.35. The Balaban J connectivity index is 1.60. The van der Waals surface area contributed by atoms with Gasteiger partial charge in [0.2, 0.25) is 0 Å². The highest BCUT2D eigenvalue weighted by atomic mass is 32.3. The number of hydrogen-bond donors (Lipinski definition) is 5. The summed E-state index contributed by atoms with van der Waals surface area (Å²) < 4.78 is 23.1. The van der Waals surface area contributed by atoms with Gasteiger partial charge in [0.25, 0.3) is 5.56 Å². The molecule has 0 aliphatic carbocycles. The average Bonchev–Trinajstić information content (AvgIpc) is 3.24. The molecule has 0 atom stereocenters.